The van der Waals surface area contributed by atoms with Gasteiger partial charge < -0.3 is 5.32 Å². The summed E-state index contributed by atoms with van der Waals surface area (Å²) in [6.07, 6.45) is 1.74. The number of nitrogens with zero attached hydrogens (tertiary/aromatic N) is 1. The normalized spacial score (nSPS) is 9.50. The summed E-state index contributed by atoms with van der Waals surface area (Å²) in [5.41, 5.74) is 2.03. The van der Waals surface area contributed by atoms with E-state index in [0.717, 1.165) is 11.3 Å². The standard InChI is InChI=1S/C9H12N2O/c1-7-9(4-3-5-10-7)6-11-8(2)12/h3-5H,6H2,1-2H3,(H,11,12). The van der Waals surface area contributed by atoms with Crippen LogP contribution in [-0.4, -0.2) is 10.9 Å². The molecule has 1 heterocycles. The fourth-order valence-corrected chi connectivity index (χ4v) is 0.924. The second-order valence-electron chi connectivity index (χ2n) is 2.66. The first-order valence-corrected chi connectivity index (χ1v) is 3.85. The van der Waals surface area contributed by atoms with Crippen LogP contribution in [0.15, 0.2) is 18.3 Å². The SMILES string of the molecule is CC(=O)NCc1cccnc1C. The first-order chi connectivity index (χ1) is 5.70. The number of carbonyl (C=O) groups is 1. The molecule has 0 atom stereocenters. The summed E-state index contributed by atoms with van der Waals surface area (Å²) < 4.78 is 0. The smallest absolute Gasteiger partial charge is 0.217 e. The highest BCUT2D eigenvalue weighted by atomic mass is 16.1. The molecule has 1 amide bonds. The number of pyridine rings is 1. The minimum Gasteiger partial charge on any atom is -0.352 e. The Morgan fingerprint density at radius 2 is 2.42 bits per heavy atom. The van der Waals surface area contributed by atoms with E-state index in [4.69, 9.17) is 0 Å². The Hall–Kier alpha value is -1.38. The maximum Gasteiger partial charge on any atom is 0.217 e. The van der Waals surface area contributed by atoms with Crippen LogP contribution < -0.4 is 5.32 Å². The summed E-state index contributed by atoms with van der Waals surface area (Å²) >= 11 is 0. The van der Waals surface area contributed by atoms with Crippen molar-refractivity contribution in [3.8, 4) is 0 Å². The molecule has 1 rings (SSSR count). The third-order valence-electron chi connectivity index (χ3n) is 1.64. The van der Waals surface area contributed by atoms with Crippen LogP contribution in [-0.2, 0) is 11.3 Å². The maximum absolute atomic E-state index is 10.6. The van der Waals surface area contributed by atoms with Gasteiger partial charge >= 0.3 is 0 Å². The van der Waals surface area contributed by atoms with Gasteiger partial charge in [-0.1, -0.05) is 6.07 Å². The molecule has 0 unspecified atom stereocenters. The van der Waals surface area contributed by atoms with Gasteiger partial charge in [-0.15, -0.1) is 0 Å². The zero-order valence-electron chi connectivity index (χ0n) is 7.29. The fourth-order valence-electron chi connectivity index (χ4n) is 0.924. The molecule has 0 aliphatic rings. The molecule has 0 aromatic carbocycles. The molecule has 1 N–H and O–H groups in total. The zero-order valence-corrected chi connectivity index (χ0v) is 7.29. The van der Waals surface area contributed by atoms with E-state index in [2.05, 4.69) is 10.3 Å². The van der Waals surface area contributed by atoms with Crippen molar-refractivity contribution in [3.63, 3.8) is 0 Å². The van der Waals surface area contributed by atoms with Crippen molar-refractivity contribution in [3.05, 3.63) is 29.6 Å². The molecule has 3 nitrogen and oxygen atoms in total. The van der Waals surface area contributed by atoms with E-state index in [1.165, 1.54) is 6.92 Å². The monoisotopic (exact) mass is 164 g/mol. The van der Waals surface area contributed by atoms with Gasteiger partial charge in [-0.2, -0.15) is 0 Å². The highest BCUT2D eigenvalue weighted by Crippen LogP contribution is 2.01. The van der Waals surface area contributed by atoms with Crippen LogP contribution in [0.4, 0.5) is 0 Å². The van der Waals surface area contributed by atoms with E-state index in [1.807, 2.05) is 19.1 Å². The number of hydrogen-bond donors (Lipinski definition) is 1. The third kappa shape index (κ3) is 2.34. The van der Waals surface area contributed by atoms with Crippen molar-refractivity contribution in [2.75, 3.05) is 0 Å². The van der Waals surface area contributed by atoms with Crippen LogP contribution in [0.2, 0.25) is 0 Å². The second-order valence-corrected chi connectivity index (χ2v) is 2.66. The van der Waals surface area contributed by atoms with Crippen LogP contribution in [0.3, 0.4) is 0 Å². The van der Waals surface area contributed by atoms with Crippen LogP contribution >= 0.6 is 0 Å². The molecule has 0 saturated heterocycles. The molecule has 0 fully saturated rings. The molecule has 3 heteroatoms. The summed E-state index contributed by atoms with van der Waals surface area (Å²) in [5, 5.41) is 2.72. The third-order valence-corrected chi connectivity index (χ3v) is 1.64. The number of amides is 1. The molecule has 0 aliphatic carbocycles. The van der Waals surface area contributed by atoms with Crippen LogP contribution in [0.1, 0.15) is 18.2 Å². The Labute approximate surface area is 71.8 Å². The van der Waals surface area contributed by atoms with Gasteiger partial charge in [0.25, 0.3) is 0 Å². The summed E-state index contributed by atoms with van der Waals surface area (Å²) in [5.74, 6) is -0.0155. The molecule has 0 spiro atoms. The highest BCUT2D eigenvalue weighted by Gasteiger charge is 1.97. The van der Waals surface area contributed by atoms with E-state index in [9.17, 15) is 4.79 Å². The topological polar surface area (TPSA) is 42.0 Å². The van der Waals surface area contributed by atoms with Gasteiger partial charge in [0.1, 0.15) is 0 Å². The molecular weight excluding hydrogens is 152 g/mol. The lowest BCUT2D eigenvalue weighted by Gasteiger charge is -2.03. The average Bonchev–Trinajstić information content (AvgIpc) is 2.03. The van der Waals surface area contributed by atoms with E-state index in [0.29, 0.717) is 6.54 Å². The Morgan fingerprint density at radius 1 is 1.67 bits per heavy atom. The zero-order chi connectivity index (χ0) is 8.97. The first-order valence-electron chi connectivity index (χ1n) is 3.85. The quantitative estimate of drug-likeness (QED) is 0.709. The minimum absolute atomic E-state index is 0.0155. The van der Waals surface area contributed by atoms with Gasteiger partial charge in [0.15, 0.2) is 0 Å². The number of aromatic nitrogens is 1. The van der Waals surface area contributed by atoms with Gasteiger partial charge in [-0.3, -0.25) is 9.78 Å². The van der Waals surface area contributed by atoms with Crippen molar-refractivity contribution >= 4 is 5.91 Å². The summed E-state index contributed by atoms with van der Waals surface area (Å²) in [7, 11) is 0. The van der Waals surface area contributed by atoms with Gasteiger partial charge in [-0.25, -0.2) is 0 Å². The van der Waals surface area contributed by atoms with Crippen molar-refractivity contribution in [2.45, 2.75) is 20.4 Å². The molecular formula is C9H12N2O. The number of rotatable bonds is 2. The average molecular weight is 164 g/mol. The van der Waals surface area contributed by atoms with Crippen molar-refractivity contribution in [2.24, 2.45) is 0 Å². The molecule has 64 valence electrons. The Bertz CT molecular complexity index is 284. The summed E-state index contributed by atoms with van der Waals surface area (Å²) in [6, 6.07) is 3.82. The molecule has 0 bridgehead atoms. The molecule has 1 aromatic rings. The van der Waals surface area contributed by atoms with Gasteiger partial charge in [0.05, 0.1) is 0 Å². The number of nitrogens with one attached hydrogen (secondary N) is 1. The predicted molar refractivity (Wildman–Crippen MR) is 46.5 cm³/mol. The van der Waals surface area contributed by atoms with E-state index in [1.54, 1.807) is 6.20 Å². The van der Waals surface area contributed by atoms with Gasteiger partial charge in [0, 0.05) is 25.4 Å². The molecule has 0 radical (unpaired) electrons. The van der Waals surface area contributed by atoms with Gasteiger partial charge in [-0.05, 0) is 18.6 Å². The molecule has 0 aliphatic heterocycles. The minimum atomic E-state index is -0.0155. The number of aryl methyl sites for hydroxylation is 1. The van der Waals surface area contributed by atoms with Crippen LogP contribution in [0.5, 0.6) is 0 Å². The molecule has 12 heavy (non-hydrogen) atoms. The number of hydrogen-bond acceptors (Lipinski definition) is 2. The molecule has 0 saturated carbocycles. The van der Waals surface area contributed by atoms with E-state index < -0.39 is 0 Å². The van der Waals surface area contributed by atoms with Crippen molar-refractivity contribution < 1.29 is 4.79 Å². The van der Waals surface area contributed by atoms with E-state index >= 15 is 0 Å². The maximum atomic E-state index is 10.6. The summed E-state index contributed by atoms with van der Waals surface area (Å²) in [4.78, 5) is 14.7. The fraction of sp³-hybridized carbons (Fsp3) is 0.333. The Morgan fingerprint density at radius 3 is 3.00 bits per heavy atom. The van der Waals surface area contributed by atoms with Crippen LogP contribution in [0, 0.1) is 6.92 Å². The second kappa shape index (κ2) is 3.85. The lowest BCUT2D eigenvalue weighted by Crippen LogP contribution is -2.19. The highest BCUT2D eigenvalue weighted by molar-refractivity contribution is 5.72. The lowest BCUT2D eigenvalue weighted by atomic mass is 10.2. The lowest BCUT2D eigenvalue weighted by molar-refractivity contribution is -0.119. The Kier molecular flexibility index (Phi) is 2.80. The van der Waals surface area contributed by atoms with Gasteiger partial charge in [0.2, 0.25) is 5.91 Å². The van der Waals surface area contributed by atoms with Crippen molar-refractivity contribution in [1.82, 2.24) is 10.3 Å². The Balaban J connectivity index is 2.63. The summed E-state index contributed by atoms with van der Waals surface area (Å²) in [6.45, 7) is 4.00. The van der Waals surface area contributed by atoms with Crippen LogP contribution in [0.25, 0.3) is 0 Å². The van der Waals surface area contributed by atoms with E-state index in [-0.39, 0.29) is 5.91 Å². The molecule has 1 aromatic heterocycles. The van der Waals surface area contributed by atoms with Crippen molar-refractivity contribution in [1.29, 1.82) is 0 Å². The first kappa shape index (κ1) is 8.71. The number of carbonyl (C=O) groups excluding carboxylic acids is 1. The largest absolute Gasteiger partial charge is 0.352 e. The predicted octanol–water partition coefficient (Wildman–Crippen LogP) is 1.03.